The van der Waals surface area contributed by atoms with E-state index in [-0.39, 0.29) is 16.9 Å². The van der Waals surface area contributed by atoms with E-state index in [2.05, 4.69) is 25.4 Å². The summed E-state index contributed by atoms with van der Waals surface area (Å²) < 4.78 is 16.2. The summed E-state index contributed by atoms with van der Waals surface area (Å²) in [5.41, 5.74) is 2.55. The van der Waals surface area contributed by atoms with Gasteiger partial charge < -0.3 is 9.88 Å². The highest BCUT2D eigenvalue weighted by Crippen LogP contribution is 2.31. The van der Waals surface area contributed by atoms with Crippen LogP contribution in [0.5, 0.6) is 0 Å². The smallest absolute Gasteiger partial charge is 0.253 e. The van der Waals surface area contributed by atoms with E-state index in [9.17, 15) is 9.18 Å². The number of piperazine rings is 1. The van der Waals surface area contributed by atoms with Gasteiger partial charge in [-0.1, -0.05) is 24.3 Å². The standard InChI is InChI=1S/C26H30FN7O/c1-17-9-10-18-16-19(25(35)28-21(18)15-17)23(24-29-30-31-34(24)26(2,3)4)33-13-11-32(12-14-33)22-8-6-5-7-20(22)27/h5-10,15-16,23H,11-14H2,1-4H3,(H,28,35)/t23-/m1/s1. The molecule has 5 rings (SSSR count). The topological polar surface area (TPSA) is 82.9 Å². The minimum Gasteiger partial charge on any atom is -0.367 e. The van der Waals surface area contributed by atoms with Crippen molar-refractivity contribution in [3.05, 3.63) is 81.7 Å². The molecular weight excluding hydrogens is 445 g/mol. The SMILES string of the molecule is Cc1ccc2cc([C@H](c3nnnn3C(C)(C)C)N3CCN(c4ccccc4F)CC3)c(=O)[nH]c2c1. The first-order valence-corrected chi connectivity index (χ1v) is 11.9. The van der Waals surface area contributed by atoms with Gasteiger partial charge in [-0.3, -0.25) is 9.69 Å². The monoisotopic (exact) mass is 475 g/mol. The van der Waals surface area contributed by atoms with Crippen molar-refractivity contribution in [3.63, 3.8) is 0 Å². The van der Waals surface area contributed by atoms with Crippen molar-refractivity contribution in [2.24, 2.45) is 0 Å². The molecule has 1 fully saturated rings. The fourth-order valence-electron chi connectivity index (χ4n) is 4.81. The van der Waals surface area contributed by atoms with Crippen molar-refractivity contribution >= 4 is 16.6 Å². The number of aromatic nitrogens is 5. The molecule has 1 aliphatic rings. The molecule has 1 saturated heterocycles. The van der Waals surface area contributed by atoms with Crippen LogP contribution in [-0.4, -0.2) is 56.3 Å². The molecule has 1 N–H and O–H groups in total. The molecule has 0 bridgehead atoms. The van der Waals surface area contributed by atoms with E-state index in [0.29, 0.717) is 43.3 Å². The van der Waals surface area contributed by atoms with Gasteiger partial charge in [-0.05, 0) is 73.3 Å². The van der Waals surface area contributed by atoms with Crippen LogP contribution in [0, 0.1) is 12.7 Å². The second kappa shape index (κ2) is 8.88. The number of H-pyrrole nitrogens is 1. The third-order valence-corrected chi connectivity index (χ3v) is 6.57. The van der Waals surface area contributed by atoms with Crippen LogP contribution in [0.3, 0.4) is 0 Å². The number of hydrogen-bond donors (Lipinski definition) is 1. The van der Waals surface area contributed by atoms with Crippen LogP contribution in [0.1, 0.15) is 43.8 Å². The lowest BCUT2D eigenvalue weighted by Crippen LogP contribution is -2.49. The number of fused-ring (bicyclic) bond motifs is 1. The van der Waals surface area contributed by atoms with Crippen LogP contribution in [0.15, 0.2) is 53.3 Å². The minimum absolute atomic E-state index is 0.159. The summed E-state index contributed by atoms with van der Waals surface area (Å²) >= 11 is 0. The Balaban J connectivity index is 1.56. The van der Waals surface area contributed by atoms with Crippen molar-refractivity contribution < 1.29 is 4.39 Å². The Morgan fingerprint density at radius 1 is 1.03 bits per heavy atom. The lowest BCUT2D eigenvalue weighted by Gasteiger charge is -2.40. The molecule has 0 spiro atoms. The predicted octanol–water partition coefficient (Wildman–Crippen LogP) is 3.63. The number of aryl methyl sites for hydroxylation is 1. The van der Waals surface area contributed by atoms with Gasteiger partial charge in [0.15, 0.2) is 5.82 Å². The average Bonchev–Trinajstić information content (AvgIpc) is 3.31. The van der Waals surface area contributed by atoms with E-state index >= 15 is 0 Å². The molecule has 0 radical (unpaired) electrons. The van der Waals surface area contributed by atoms with Crippen LogP contribution in [0.2, 0.25) is 0 Å². The zero-order valence-corrected chi connectivity index (χ0v) is 20.5. The maximum absolute atomic E-state index is 14.4. The molecule has 0 aliphatic carbocycles. The lowest BCUT2D eigenvalue weighted by atomic mass is 10.0. The van der Waals surface area contributed by atoms with Crippen LogP contribution in [0.25, 0.3) is 10.9 Å². The number of benzene rings is 2. The molecule has 9 heteroatoms. The zero-order valence-electron chi connectivity index (χ0n) is 20.5. The molecule has 182 valence electrons. The highest BCUT2D eigenvalue weighted by atomic mass is 19.1. The van der Waals surface area contributed by atoms with Crippen molar-refractivity contribution in [1.29, 1.82) is 0 Å². The van der Waals surface area contributed by atoms with Crippen LogP contribution in [0.4, 0.5) is 10.1 Å². The summed E-state index contributed by atoms with van der Waals surface area (Å²) in [6, 6.07) is 14.4. The first-order chi connectivity index (χ1) is 16.7. The number of para-hydroxylation sites is 1. The number of anilines is 1. The zero-order chi connectivity index (χ0) is 24.7. The lowest BCUT2D eigenvalue weighted by molar-refractivity contribution is 0.190. The maximum atomic E-state index is 14.4. The Kier molecular flexibility index (Phi) is 5.88. The summed E-state index contributed by atoms with van der Waals surface area (Å²) in [5, 5.41) is 13.6. The summed E-state index contributed by atoms with van der Waals surface area (Å²) in [7, 11) is 0. The highest BCUT2D eigenvalue weighted by molar-refractivity contribution is 5.79. The van der Waals surface area contributed by atoms with E-state index in [1.54, 1.807) is 16.8 Å². The Morgan fingerprint density at radius 3 is 2.49 bits per heavy atom. The van der Waals surface area contributed by atoms with Gasteiger partial charge in [0, 0.05) is 37.3 Å². The number of rotatable bonds is 4. The Hall–Kier alpha value is -3.59. The number of nitrogens with one attached hydrogen (secondary N) is 1. The van der Waals surface area contributed by atoms with Gasteiger partial charge in [-0.15, -0.1) is 5.10 Å². The van der Waals surface area contributed by atoms with E-state index in [4.69, 9.17) is 0 Å². The average molecular weight is 476 g/mol. The molecule has 0 unspecified atom stereocenters. The van der Waals surface area contributed by atoms with Crippen molar-refractivity contribution in [3.8, 4) is 0 Å². The van der Waals surface area contributed by atoms with Gasteiger partial charge in [0.05, 0.1) is 11.2 Å². The number of tetrazole rings is 1. The van der Waals surface area contributed by atoms with Gasteiger partial charge >= 0.3 is 0 Å². The largest absolute Gasteiger partial charge is 0.367 e. The van der Waals surface area contributed by atoms with E-state index in [1.807, 2.05) is 62.9 Å². The van der Waals surface area contributed by atoms with E-state index in [0.717, 1.165) is 16.5 Å². The Morgan fingerprint density at radius 2 is 1.77 bits per heavy atom. The molecule has 8 nitrogen and oxygen atoms in total. The fraction of sp³-hybridized carbons (Fsp3) is 0.385. The fourth-order valence-corrected chi connectivity index (χ4v) is 4.81. The molecule has 35 heavy (non-hydrogen) atoms. The Labute approximate surface area is 203 Å². The van der Waals surface area contributed by atoms with Crippen LogP contribution < -0.4 is 10.5 Å². The summed E-state index contributed by atoms with van der Waals surface area (Å²) in [6.45, 7) is 10.6. The second-order valence-corrected chi connectivity index (χ2v) is 10.1. The molecule has 0 amide bonds. The van der Waals surface area contributed by atoms with Crippen molar-refractivity contribution in [2.45, 2.75) is 39.3 Å². The first-order valence-electron chi connectivity index (χ1n) is 11.9. The minimum atomic E-state index is -0.443. The normalized spacial score (nSPS) is 16.1. The molecule has 1 aliphatic heterocycles. The number of hydrogen-bond acceptors (Lipinski definition) is 6. The maximum Gasteiger partial charge on any atom is 0.253 e. The summed E-state index contributed by atoms with van der Waals surface area (Å²) in [4.78, 5) is 20.7. The van der Waals surface area contributed by atoms with Gasteiger partial charge in [-0.25, -0.2) is 9.07 Å². The van der Waals surface area contributed by atoms with Crippen molar-refractivity contribution in [1.82, 2.24) is 30.1 Å². The molecular formula is C26H30FN7O. The number of halogens is 1. The third kappa shape index (κ3) is 4.43. The summed E-state index contributed by atoms with van der Waals surface area (Å²) in [6.07, 6.45) is 0. The third-order valence-electron chi connectivity index (χ3n) is 6.57. The van der Waals surface area contributed by atoms with E-state index in [1.165, 1.54) is 6.07 Å². The molecule has 1 atom stereocenters. The first kappa shape index (κ1) is 23.2. The molecule has 0 saturated carbocycles. The molecule has 2 aromatic carbocycles. The molecule has 3 heterocycles. The summed E-state index contributed by atoms with van der Waals surface area (Å²) in [5.74, 6) is 0.393. The van der Waals surface area contributed by atoms with Gasteiger partial charge in [0.1, 0.15) is 11.9 Å². The predicted molar refractivity (Wildman–Crippen MR) is 134 cm³/mol. The Bertz CT molecular complexity index is 1410. The highest BCUT2D eigenvalue weighted by Gasteiger charge is 2.35. The van der Waals surface area contributed by atoms with Gasteiger partial charge in [0.2, 0.25) is 0 Å². The van der Waals surface area contributed by atoms with Crippen LogP contribution in [-0.2, 0) is 5.54 Å². The van der Waals surface area contributed by atoms with Crippen molar-refractivity contribution in [2.75, 3.05) is 31.1 Å². The van der Waals surface area contributed by atoms with E-state index < -0.39 is 6.04 Å². The number of pyridine rings is 1. The van der Waals surface area contributed by atoms with Crippen LogP contribution >= 0.6 is 0 Å². The van der Waals surface area contributed by atoms with Gasteiger partial charge in [-0.2, -0.15) is 0 Å². The van der Waals surface area contributed by atoms with Gasteiger partial charge in [0.25, 0.3) is 5.56 Å². The number of nitrogens with zero attached hydrogens (tertiary/aromatic N) is 6. The number of aromatic amines is 1. The second-order valence-electron chi connectivity index (χ2n) is 10.1. The molecule has 2 aromatic heterocycles. The quantitative estimate of drug-likeness (QED) is 0.485. The molecule has 4 aromatic rings.